The molecule has 1 aromatic carbocycles. The van der Waals surface area contributed by atoms with E-state index in [1.165, 1.54) is 0 Å². The molecule has 0 spiro atoms. The summed E-state index contributed by atoms with van der Waals surface area (Å²) < 4.78 is 0. The summed E-state index contributed by atoms with van der Waals surface area (Å²) >= 11 is 12.1. The van der Waals surface area contributed by atoms with Gasteiger partial charge in [-0.1, -0.05) is 36.2 Å². The number of benzene rings is 1. The summed E-state index contributed by atoms with van der Waals surface area (Å²) in [4.78, 5) is 23.3. The van der Waals surface area contributed by atoms with Gasteiger partial charge in [-0.3, -0.25) is 4.79 Å². The Labute approximate surface area is 151 Å². The number of anilines is 2. The van der Waals surface area contributed by atoms with Gasteiger partial charge in [0.05, 0.1) is 15.7 Å². The summed E-state index contributed by atoms with van der Waals surface area (Å²) in [5, 5.41) is 3.44. The van der Waals surface area contributed by atoms with Gasteiger partial charge in [-0.2, -0.15) is 0 Å². The van der Waals surface area contributed by atoms with Crippen molar-refractivity contribution in [3.63, 3.8) is 0 Å². The van der Waals surface area contributed by atoms with Crippen LogP contribution in [0.25, 0.3) is 0 Å². The fourth-order valence-corrected chi connectivity index (χ4v) is 2.97. The van der Waals surface area contributed by atoms with Crippen LogP contribution in [-0.4, -0.2) is 29.0 Å². The van der Waals surface area contributed by atoms with Crippen molar-refractivity contribution in [2.45, 2.75) is 19.8 Å². The second-order valence-corrected chi connectivity index (χ2v) is 6.75. The highest BCUT2D eigenvalue weighted by Gasteiger charge is 2.19. The number of carbonyl (C=O) groups is 1. The summed E-state index contributed by atoms with van der Waals surface area (Å²) in [7, 11) is 0. The van der Waals surface area contributed by atoms with E-state index in [0.717, 1.165) is 31.8 Å². The number of rotatable bonds is 3. The molecule has 0 bridgehead atoms. The van der Waals surface area contributed by atoms with Crippen LogP contribution in [0.1, 0.15) is 30.3 Å². The number of hydrogen-bond acceptors (Lipinski definition) is 4. The average Bonchev–Trinajstić information content (AvgIpc) is 2.60. The van der Waals surface area contributed by atoms with E-state index < -0.39 is 0 Å². The third-order valence-electron chi connectivity index (χ3n) is 4.14. The van der Waals surface area contributed by atoms with E-state index >= 15 is 0 Å². The number of nitrogens with one attached hydrogen (secondary N) is 1. The standard InChI is InChI=1S/C17H18Cl2N4O/c1-11-6-9-23(10-7-11)17-20-8-5-14(22-17)16(24)21-13-4-2-3-12(18)15(13)19/h2-5,8,11H,6-7,9-10H2,1H3,(H,21,24). The number of halogens is 2. The van der Waals surface area contributed by atoms with Gasteiger partial charge in [-0.25, -0.2) is 9.97 Å². The van der Waals surface area contributed by atoms with Crippen molar-refractivity contribution >= 4 is 40.7 Å². The fourth-order valence-electron chi connectivity index (χ4n) is 2.62. The molecular formula is C17H18Cl2N4O. The molecule has 2 aromatic rings. The van der Waals surface area contributed by atoms with Crippen LogP contribution >= 0.6 is 23.2 Å². The molecule has 0 saturated carbocycles. The van der Waals surface area contributed by atoms with E-state index in [-0.39, 0.29) is 5.91 Å². The number of aromatic nitrogens is 2. The van der Waals surface area contributed by atoms with Crippen molar-refractivity contribution < 1.29 is 4.79 Å². The Kier molecular flexibility index (Phi) is 5.21. The van der Waals surface area contributed by atoms with Crippen molar-refractivity contribution in [3.05, 3.63) is 46.2 Å². The fraction of sp³-hybridized carbons (Fsp3) is 0.353. The smallest absolute Gasteiger partial charge is 0.274 e. The number of amides is 1. The largest absolute Gasteiger partial charge is 0.341 e. The van der Waals surface area contributed by atoms with Crippen LogP contribution in [-0.2, 0) is 0 Å². The van der Waals surface area contributed by atoms with Gasteiger partial charge in [0.25, 0.3) is 5.91 Å². The summed E-state index contributed by atoms with van der Waals surface area (Å²) in [5.74, 6) is 0.970. The van der Waals surface area contributed by atoms with Gasteiger partial charge in [0.15, 0.2) is 0 Å². The molecule has 5 nitrogen and oxygen atoms in total. The Hall–Kier alpha value is -1.85. The van der Waals surface area contributed by atoms with E-state index in [9.17, 15) is 4.79 Å². The molecule has 1 aliphatic heterocycles. The van der Waals surface area contributed by atoms with Crippen LogP contribution in [0.4, 0.5) is 11.6 Å². The first-order valence-corrected chi connectivity index (χ1v) is 8.63. The van der Waals surface area contributed by atoms with Crippen molar-refractivity contribution in [1.82, 2.24) is 9.97 Å². The molecule has 3 rings (SSSR count). The molecule has 0 radical (unpaired) electrons. The topological polar surface area (TPSA) is 58.1 Å². The number of piperidine rings is 1. The lowest BCUT2D eigenvalue weighted by Crippen LogP contribution is -2.34. The molecule has 7 heteroatoms. The van der Waals surface area contributed by atoms with E-state index in [1.54, 1.807) is 30.5 Å². The Balaban J connectivity index is 1.76. The molecule has 0 aliphatic carbocycles. The van der Waals surface area contributed by atoms with Gasteiger partial charge in [-0.05, 0) is 37.0 Å². The highest BCUT2D eigenvalue weighted by atomic mass is 35.5. The molecule has 0 unspecified atom stereocenters. The van der Waals surface area contributed by atoms with Crippen LogP contribution in [0.3, 0.4) is 0 Å². The van der Waals surface area contributed by atoms with E-state index in [0.29, 0.717) is 27.4 Å². The number of hydrogen-bond donors (Lipinski definition) is 1. The minimum Gasteiger partial charge on any atom is -0.341 e. The molecular weight excluding hydrogens is 347 g/mol. The lowest BCUT2D eigenvalue weighted by Gasteiger charge is -2.30. The third-order valence-corrected chi connectivity index (χ3v) is 4.96. The quantitative estimate of drug-likeness (QED) is 0.883. The molecule has 1 saturated heterocycles. The van der Waals surface area contributed by atoms with Crippen LogP contribution in [0.15, 0.2) is 30.5 Å². The monoisotopic (exact) mass is 364 g/mol. The van der Waals surface area contributed by atoms with Crippen molar-refractivity contribution in [3.8, 4) is 0 Å². The normalized spacial score (nSPS) is 15.4. The van der Waals surface area contributed by atoms with E-state index in [4.69, 9.17) is 23.2 Å². The predicted octanol–water partition coefficient (Wildman–Crippen LogP) is 4.27. The van der Waals surface area contributed by atoms with Gasteiger partial charge >= 0.3 is 0 Å². The van der Waals surface area contributed by atoms with Gasteiger partial charge < -0.3 is 10.2 Å². The summed E-state index contributed by atoms with van der Waals surface area (Å²) in [5.41, 5.74) is 0.760. The van der Waals surface area contributed by atoms with Crippen molar-refractivity contribution in [1.29, 1.82) is 0 Å². The highest BCUT2D eigenvalue weighted by Crippen LogP contribution is 2.29. The molecule has 126 valence electrons. The first-order valence-electron chi connectivity index (χ1n) is 7.88. The lowest BCUT2D eigenvalue weighted by molar-refractivity contribution is 0.102. The molecule has 1 N–H and O–H groups in total. The summed E-state index contributed by atoms with van der Waals surface area (Å²) in [6.45, 7) is 4.06. The molecule has 24 heavy (non-hydrogen) atoms. The van der Waals surface area contributed by atoms with Gasteiger partial charge in [-0.15, -0.1) is 0 Å². The highest BCUT2D eigenvalue weighted by molar-refractivity contribution is 6.44. The Bertz CT molecular complexity index is 745. The second-order valence-electron chi connectivity index (χ2n) is 5.97. The molecule has 0 atom stereocenters. The number of nitrogens with zero attached hydrogens (tertiary/aromatic N) is 3. The Morgan fingerprint density at radius 3 is 2.75 bits per heavy atom. The summed E-state index contributed by atoms with van der Waals surface area (Å²) in [6, 6.07) is 6.67. The van der Waals surface area contributed by atoms with E-state index in [1.807, 2.05) is 0 Å². The van der Waals surface area contributed by atoms with Crippen molar-refractivity contribution in [2.75, 3.05) is 23.3 Å². The number of carbonyl (C=O) groups excluding carboxylic acids is 1. The Morgan fingerprint density at radius 1 is 1.25 bits per heavy atom. The van der Waals surface area contributed by atoms with Crippen LogP contribution in [0.5, 0.6) is 0 Å². The molecule has 2 heterocycles. The zero-order chi connectivity index (χ0) is 17.1. The molecule has 1 aliphatic rings. The van der Waals surface area contributed by atoms with Crippen LogP contribution in [0.2, 0.25) is 10.0 Å². The SMILES string of the molecule is CC1CCN(c2nccc(C(=O)Nc3cccc(Cl)c3Cl)n2)CC1. The first kappa shape index (κ1) is 17.0. The van der Waals surface area contributed by atoms with Crippen molar-refractivity contribution in [2.24, 2.45) is 5.92 Å². The maximum atomic E-state index is 12.4. The second kappa shape index (κ2) is 7.36. The zero-order valence-corrected chi connectivity index (χ0v) is 14.8. The van der Waals surface area contributed by atoms with Gasteiger partial charge in [0.1, 0.15) is 5.69 Å². The van der Waals surface area contributed by atoms with Gasteiger partial charge in [0.2, 0.25) is 5.95 Å². The third kappa shape index (κ3) is 3.79. The van der Waals surface area contributed by atoms with Crippen LogP contribution in [0, 0.1) is 5.92 Å². The summed E-state index contributed by atoms with van der Waals surface area (Å²) in [6.07, 6.45) is 3.82. The molecule has 1 fully saturated rings. The Morgan fingerprint density at radius 2 is 2.00 bits per heavy atom. The molecule has 1 aromatic heterocycles. The average molecular weight is 365 g/mol. The minimum absolute atomic E-state index is 0.301. The van der Waals surface area contributed by atoms with E-state index in [2.05, 4.69) is 27.1 Å². The lowest BCUT2D eigenvalue weighted by atomic mass is 10.00. The maximum Gasteiger partial charge on any atom is 0.274 e. The van der Waals surface area contributed by atoms with Crippen LogP contribution < -0.4 is 10.2 Å². The van der Waals surface area contributed by atoms with Gasteiger partial charge in [0, 0.05) is 19.3 Å². The molecule has 1 amide bonds. The zero-order valence-electron chi connectivity index (χ0n) is 13.3. The minimum atomic E-state index is -0.340. The maximum absolute atomic E-state index is 12.4. The predicted molar refractivity (Wildman–Crippen MR) is 97.1 cm³/mol. The first-order chi connectivity index (χ1) is 11.5.